The number of nitrogens with zero attached hydrogens (tertiary/aromatic N) is 2. The number of aryl methyl sites for hydroxylation is 1. The summed E-state index contributed by atoms with van der Waals surface area (Å²) in [6.45, 7) is 6.48. The maximum atomic E-state index is 11.6. The number of nitrogens with one attached hydrogen (secondary N) is 1. The van der Waals surface area contributed by atoms with Crippen LogP contribution in [0, 0.1) is 0 Å². The van der Waals surface area contributed by atoms with Gasteiger partial charge < -0.3 is 5.32 Å². The molecule has 0 spiro atoms. The summed E-state index contributed by atoms with van der Waals surface area (Å²) in [4.78, 5) is 11.6. The Labute approximate surface area is 84.3 Å². The smallest absolute Gasteiger partial charge is 0.167 e. The second-order valence-electron chi connectivity index (χ2n) is 3.11. The van der Waals surface area contributed by atoms with Crippen molar-refractivity contribution >= 4 is 5.78 Å². The number of carbonyl (C=O) groups excluding carboxylic acids is 1. The number of Topliss-reactive ketones (excluding diaryl/α,β-unsaturated/α-hetero) is 1. The first-order chi connectivity index (χ1) is 6.77. The zero-order chi connectivity index (χ0) is 10.4. The average molecular weight is 195 g/mol. The highest BCUT2D eigenvalue weighted by molar-refractivity contribution is 5.95. The van der Waals surface area contributed by atoms with Crippen molar-refractivity contribution in [3.05, 3.63) is 18.0 Å². The lowest BCUT2D eigenvalue weighted by molar-refractivity contribution is 0.0982. The molecular weight excluding hydrogens is 178 g/mol. The predicted molar refractivity (Wildman–Crippen MR) is 55.4 cm³/mol. The molecule has 4 heteroatoms. The Balaban J connectivity index is 2.44. The Morgan fingerprint density at radius 3 is 2.93 bits per heavy atom. The zero-order valence-corrected chi connectivity index (χ0v) is 8.79. The fourth-order valence-electron chi connectivity index (χ4n) is 1.20. The third-order valence-corrected chi connectivity index (χ3v) is 2.06. The van der Waals surface area contributed by atoms with Crippen LogP contribution in [0.2, 0.25) is 0 Å². The second kappa shape index (κ2) is 5.54. The summed E-state index contributed by atoms with van der Waals surface area (Å²) >= 11 is 0. The van der Waals surface area contributed by atoms with Crippen molar-refractivity contribution in [3.63, 3.8) is 0 Å². The van der Waals surface area contributed by atoms with Gasteiger partial charge in [-0.05, 0) is 13.5 Å². The van der Waals surface area contributed by atoms with E-state index in [2.05, 4.69) is 10.4 Å². The third-order valence-electron chi connectivity index (χ3n) is 2.06. The highest BCUT2D eigenvalue weighted by Crippen LogP contribution is 2.01. The number of hydrogen-bond donors (Lipinski definition) is 1. The fourth-order valence-corrected chi connectivity index (χ4v) is 1.20. The maximum absolute atomic E-state index is 11.6. The highest BCUT2D eigenvalue weighted by Gasteiger charge is 2.07. The molecule has 78 valence electrons. The van der Waals surface area contributed by atoms with Crippen molar-refractivity contribution in [1.29, 1.82) is 0 Å². The van der Waals surface area contributed by atoms with Gasteiger partial charge in [-0.25, -0.2) is 0 Å². The molecule has 0 amide bonds. The van der Waals surface area contributed by atoms with Crippen LogP contribution in [-0.2, 0) is 6.54 Å². The van der Waals surface area contributed by atoms with E-state index in [0.29, 0.717) is 12.0 Å². The molecule has 0 fully saturated rings. The molecule has 0 aromatic carbocycles. The zero-order valence-electron chi connectivity index (χ0n) is 8.79. The van der Waals surface area contributed by atoms with Gasteiger partial charge in [0.1, 0.15) is 0 Å². The molecule has 1 aromatic heterocycles. The van der Waals surface area contributed by atoms with Crippen LogP contribution in [-0.4, -0.2) is 28.7 Å². The van der Waals surface area contributed by atoms with Gasteiger partial charge in [-0.3, -0.25) is 9.48 Å². The molecule has 4 nitrogen and oxygen atoms in total. The average Bonchev–Trinajstić information content (AvgIpc) is 2.66. The summed E-state index contributed by atoms with van der Waals surface area (Å²) in [5.41, 5.74) is 0.713. The predicted octanol–water partition coefficient (Wildman–Crippen LogP) is 1.09. The summed E-state index contributed by atoms with van der Waals surface area (Å²) < 4.78 is 1.76. The number of aromatic nitrogens is 2. The minimum Gasteiger partial charge on any atom is -0.317 e. The van der Waals surface area contributed by atoms with Crippen molar-refractivity contribution in [2.75, 3.05) is 13.1 Å². The van der Waals surface area contributed by atoms with Gasteiger partial charge in [0, 0.05) is 25.7 Å². The molecule has 0 aliphatic heterocycles. The van der Waals surface area contributed by atoms with Gasteiger partial charge in [0.2, 0.25) is 0 Å². The van der Waals surface area contributed by atoms with Crippen LogP contribution in [0.5, 0.6) is 0 Å². The SMILES string of the molecule is CCNCCC(=O)c1cnn(CC)c1. The van der Waals surface area contributed by atoms with Crippen LogP contribution in [0.15, 0.2) is 12.4 Å². The van der Waals surface area contributed by atoms with Crippen LogP contribution >= 0.6 is 0 Å². The van der Waals surface area contributed by atoms with E-state index >= 15 is 0 Å². The maximum Gasteiger partial charge on any atom is 0.167 e. The van der Waals surface area contributed by atoms with Crippen molar-refractivity contribution in [2.24, 2.45) is 0 Å². The topological polar surface area (TPSA) is 46.9 Å². The molecule has 0 bridgehead atoms. The van der Waals surface area contributed by atoms with Gasteiger partial charge in [0.25, 0.3) is 0 Å². The Morgan fingerprint density at radius 1 is 1.57 bits per heavy atom. The molecule has 0 saturated carbocycles. The number of ketones is 1. The van der Waals surface area contributed by atoms with Gasteiger partial charge in [-0.2, -0.15) is 5.10 Å². The van der Waals surface area contributed by atoms with Gasteiger partial charge >= 0.3 is 0 Å². The first-order valence-corrected chi connectivity index (χ1v) is 5.04. The molecule has 0 saturated heterocycles. The van der Waals surface area contributed by atoms with Crippen LogP contribution in [0.4, 0.5) is 0 Å². The van der Waals surface area contributed by atoms with Crippen LogP contribution in [0.1, 0.15) is 30.6 Å². The van der Waals surface area contributed by atoms with Crippen molar-refractivity contribution in [1.82, 2.24) is 15.1 Å². The van der Waals surface area contributed by atoms with Gasteiger partial charge in [0.05, 0.1) is 11.8 Å². The standard InChI is InChI=1S/C10H17N3O/c1-3-11-6-5-10(14)9-7-12-13(4-2)8-9/h7-8,11H,3-6H2,1-2H3. The molecule has 1 rings (SSSR count). The molecule has 14 heavy (non-hydrogen) atoms. The summed E-state index contributed by atoms with van der Waals surface area (Å²) in [5.74, 6) is 0.158. The number of hydrogen-bond acceptors (Lipinski definition) is 3. The first-order valence-electron chi connectivity index (χ1n) is 5.04. The largest absolute Gasteiger partial charge is 0.317 e. The Hall–Kier alpha value is -1.16. The van der Waals surface area contributed by atoms with Crippen molar-refractivity contribution in [3.8, 4) is 0 Å². The summed E-state index contributed by atoms with van der Waals surface area (Å²) in [6, 6.07) is 0. The van der Waals surface area contributed by atoms with E-state index in [9.17, 15) is 4.79 Å². The molecule has 1 heterocycles. The molecule has 0 unspecified atom stereocenters. The van der Waals surface area contributed by atoms with Gasteiger partial charge in [-0.1, -0.05) is 6.92 Å². The Morgan fingerprint density at radius 2 is 2.36 bits per heavy atom. The van der Waals surface area contributed by atoms with E-state index in [-0.39, 0.29) is 5.78 Å². The molecule has 1 aromatic rings. The third kappa shape index (κ3) is 2.96. The van der Waals surface area contributed by atoms with E-state index in [1.807, 2.05) is 13.8 Å². The van der Waals surface area contributed by atoms with Crippen LogP contribution in [0.25, 0.3) is 0 Å². The first kappa shape index (κ1) is 10.9. The van der Waals surface area contributed by atoms with E-state index in [1.54, 1.807) is 17.1 Å². The second-order valence-corrected chi connectivity index (χ2v) is 3.11. The number of carbonyl (C=O) groups is 1. The Kier molecular flexibility index (Phi) is 4.32. The fraction of sp³-hybridized carbons (Fsp3) is 0.600. The lowest BCUT2D eigenvalue weighted by Crippen LogP contribution is -2.17. The molecular formula is C10H17N3O. The van der Waals surface area contributed by atoms with E-state index in [1.165, 1.54) is 0 Å². The normalized spacial score (nSPS) is 10.4. The van der Waals surface area contributed by atoms with Gasteiger partial charge in [0.15, 0.2) is 5.78 Å². The van der Waals surface area contributed by atoms with Crippen LogP contribution in [0.3, 0.4) is 0 Å². The summed E-state index contributed by atoms with van der Waals surface area (Å²) in [7, 11) is 0. The van der Waals surface area contributed by atoms with Crippen molar-refractivity contribution in [2.45, 2.75) is 26.8 Å². The summed E-state index contributed by atoms with van der Waals surface area (Å²) in [6.07, 6.45) is 3.98. The highest BCUT2D eigenvalue weighted by atomic mass is 16.1. The molecule has 0 aliphatic carbocycles. The molecule has 0 aliphatic rings. The van der Waals surface area contributed by atoms with E-state index in [0.717, 1.165) is 19.6 Å². The van der Waals surface area contributed by atoms with Crippen molar-refractivity contribution < 1.29 is 4.79 Å². The van der Waals surface area contributed by atoms with Gasteiger partial charge in [-0.15, -0.1) is 0 Å². The molecule has 1 N–H and O–H groups in total. The van der Waals surface area contributed by atoms with Crippen LogP contribution < -0.4 is 5.32 Å². The van der Waals surface area contributed by atoms with E-state index < -0.39 is 0 Å². The monoisotopic (exact) mass is 195 g/mol. The lowest BCUT2D eigenvalue weighted by Gasteiger charge is -1.98. The molecule has 0 radical (unpaired) electrons. The minimum absolute atomic E-state index is 0.158. The minimum atomic E-state index is 0.158. The van der Waals surface area contributed by atoms with E-state index in [4.69, 9.17) is 0 Å². The molecule has 0 atom stereocenters. The lowest BCUT2D eigenvalue weighted by atomic mass is 10.2. The number of rotatable bonds is 6. The summed E-state index contributed by atoms with van der Waals surface area (Å²) in [5, 5.41) is 7.18. The Bertz CT molecular complexity index is 293. The quantitative estimate of drug-likeness (QED) is 0.546.